The zero-order valence-corrected chi connectivity index (χ0v) is 2.80. The Morgan fingerprint density at radius 1 is 1.29 bits per heavy atom. The van der Waals surface area contributed by atoms with Crippen LogP contribution in [0, 0.1) is 0 Å². The summed E-state index contributed by atoms with van der Waals surface area (Å²) >= 11 is 0. The second-order valence-electron chi connectivity index (χ2n) is 0.283. The first-order valence-corrected chi connectivity index (χ1v) is 1.95. The average molecular weight is 164 g/mol. The van der Waals surface area contributed by atoms with E-state index in [0.717, 1.165) is 0 Å². The molecular weight excluding hydrogens is 154 g/mol. The second kappa shape index (κ2) is 15.7. The summed E-state index contributed by atoms with van der Waals surface area (Å²) in [5.41, 5.74) is 0. The summed E-state index contributed by atoms with van der Waals surface area (Å²) in [6.45, 7) is 0. The van der Waals surface area contributed by atoms with Crippen molar-refractivity contribution in [2.45, 2.75) is 0 Å². The third-order valence-electron chi connectivity index (χ3n) is 0. The van der Waals surface area contributed by atoms with Gasteiger partial charge in [-0.2, -0.15) is 0 Å². The van der Waals surface area contributed by atoms with Gasteiger partial charge in [0.15, 0.2) is 17.4 Å². The Morgan fingerprint density at radius 2 is 1.29 bits per heavy atom. The molecule has 0 aromatic rings. The normalized spacial score (nSPS) is 3.43. The molecule has 0 saturated carbocycles. The van der Waals surface area contributed by atoms with Crippen LogP contribution >= 0.6 is 0 Å². The Labute approximate surface area is 80.5 Å². The number of hydrogen-bond acceptors (Lipinski definition) is 1. The maximum absolute atomic E-state index is 8.74. The third-order valence-corrected chi connectivity index (χ3v) is 0. The maximum Gasteiger partial charge on any atom is -0.0149 e. The summed E-state index contributed by atoms with van der Waals surface area (Å²) in [7, 11) is -3.13. The molecule has 0 spiro atoms. The van der Waals surface area contributed by atoms with Gasteiger partial charge in [-0.05, 0) is 11.0 Å². The van der Waals surface area contributed by atoms with Gasteiger partial charge < -0.3 is 9.59 Å². The molecule has 2 N–H and O–H groups in total. The van der Waals surface area contributed by atoms with E-state index in [9.17, 15) is 0 Å². The molecule has 7 heteroatoms. The van der Waals surface area contributed by atoms with E-state index in [1.54, 1.807) is 0 Å². The molecule has 0 atom stereocenters. The molecule has 0 bridgehead atoms. The topological polar surface area (TPSA) is 57.5 Å². The molecule has 0 aliphatic heterocycles. The van der Waals surface area contributed by atoms with Crippen molar-refractivity contribution in [2.24, 2.45) is 0 Å². The fourth-order valence-corrected chi connectivity index (χ4v) is 0. The quantitative estimate of drug-likeness (QED) is 0.353. The molecule has 0 fully saturated rings. The van der Waals surface area contributed by atoms with Gasteiger partial charge in [-0.15, -0.1) is 0 Å². The molecule has 0 heterocycles. The zero-order chi connectivity index (χ0) is 3.58. The van der Waals surface area contributed by atoms with E-state index < -0.39 is 9.17 Å². The second-order valence-corrected chi connectivity index (χ2v) is 0.848. The molecule has 0 amide bonds. The fraction of sp³-hybridized carbons (Fsp3) is 0. The van der Waals surface area contributed by atoms with Crippen LogP contribution in [0.1, 0.15) is 0 Å². The standard InChI is InChI=1S/Al.Na.H2O3Si.H4Si.4H/c;;1-4(2)3;;;;;/h;;1-2H;1H4;;;;. The van der Waals surface area contributed by atoms with Crippen molar-refractivity contribution in [2.75, 3.05) is 0 Å². The molecule has 7 heavy (non-hydrogen) atoms. The van der Waals surface area contributed by atoms with Crippen molar-refractivity contribution in [3.63, 3.8) is 0 Å². The van der Waals surface area contributed by atoms with Crippen molar-refractivity contribution in [1.29, 1.82) is 0 Å². The minimum atomic E-state index is -3.13. The predicted octanol–water partition coefficient (Wildman–Crippen LogP) is -4.90. The van der Waals surface area contributed by atoms with Gasteiger partial charge in [0.05, 0.1) is 0 Å². The van der Waals surface area contributed by atoms with Crippen molar-refractivity contribution < 1.29 is 14.1 Å². The smallest absolute Gasteiger partial charge is 0.0149 e. The minimum Gasteiger partial charge on any atom is -0.0149 e. The van der Waals surface area contributed by atoms with Crippen molar-refractivity contribution >= 4 is 67.1 Å². The fourth-order valence-electron chi connectivity index (χ4n) is 0. The van der Waals surface area contributed by atoms with Crippen molar-refractivity contribution in [3.8, 4) is 0 Å². The summed E-state index contributed by atoms with van der Waals surface area (Å²) in [5, 5.41) is 0. The first-order chi connectivity index (χ1) is 1.73. The van der Waals surface area contributed by atoms with Crippen LogP contribution in [-0.2, 0) is 4.46 Å². The van der Waals surface area contributed by atoms with E-state index >= 15 is 0 Å². The Balaban J connectivity index is -0.0000000150. The van der Waals surface area contributed by atoms with Gasteiger partial charge in [0.2, 0.25) is 0 Å². The average Bonchev–Trinajstić information content (AvgIpc) is 0.811. The predicted molar refractivity (Wildman–Crippen MR) is 39.3 cm³/mol. The van der Waals surface area contributed by atoms with E-state index in [1.165, 1.54) is 0 Å². The largest absolute Gasteiger partial charge is 0.0149 e. The monoisotopic (exact) mass is 164 g/mol. The molecule has 0 radical (unpaired) electrons. The van der Waals surface area contributed by atoms with Crippen LogP contribution in [0.3, 0.4) is 0 Å². The molecule has 0 saturated heterocycles. The molecule has 0 aromatic heterocycles. The van der Waals surface area contributed by atoms with Gasteiger partial charge >= 0.3 is 38.7 Å². The maximum atomic E-state index is 8.74. The van der Waals surface area contributed by atoms with Crippen LogP contribution < -0.4 is 0 Å². The van der Waals surface area contributed by atoms with Gasteiger partial charge in [0, 0.05) is 0 Å². The summed E-state index contributed by atoms with van der Waals surface area (Å²) < 4.78 is 8.74. The Kier molecular flexibility index (Phi) is 53.3. The third kappa shape index (κ3) is 114. The summed E-state index contributed by atoms with van der Waals surface area (Å²) in [6.07, 6.45) is 0. The van der Waals surface area contributed by atoms with Crippen LogP contribution in [0.4, 0.5) is 0 Å². The van der Waals surface area contributed by atoms with E-state index in [0.29, 0.717) is 0 Å². The van der Waals surface area contributed by atoms with Gasteiger partial charge in [-0.1, -0.05) is 0 Å². The van der Waals surface area contributed by atoms with Crippen LogP contribution in [-0.4, -0.2) is 76.6 Å². The SMILES string of the molecule is O=[Si](O)O.[AlH3].[NaH].[SiH4]. The molecular formula is H10AlNaO3Si2. The van der Waals surface area contributed by atoms with Crippen LogP contribution in [0.5, 0.6) is 0 Å². The first-order valence-electron chi connectivity index (χ1n) is 0.651. The zero-order valence-electron chi connectivity index (χ0n) is 1.80. The van der Waals surface area contributed by atoms with E-state index in [2.05, 4.69) is 0 Å². The summed E-state index contributed by atoms with van der Waals surface area (Å²) in [5.74, 6) is 0. The minimum absolute atomic E-state index is 0. The molecule has 40 valence electrons. The van der Waals surface area contributed by atoms with Crippen LogP contribution in [0.25, 0.3) is 0 Å². The van der Waals surface area contributed by atoms with Crippen LogP contribution in [0.2, 0.25) is 0 Å². The molecule has 0 unspecified atom stereocenters. The van der Waals surface area contributed by atoms with Crippen molar-refractivity contribution in [3.05, 3.63) is 0 Å². The molecule has 0 aromatic carbocycles. The number of rotatable bonds is 0. The summed E-state index contributed by atoms with van der Waals surface area (Å²) in [6, 6.07) is 0. The Bertz CT molecular complexity index is 35.9. The Morgan fingerprint density at radius 3 is 1.29 bits per heavy atom. The molecule has 0 aliphatic carbocycles. The summed E-state index contributed by atoms with van der Waals surface area (Å²) in [4.78, 5) is 14.3. The molecule has 3 nitrogen and oxygen atoms in total. The Hall–Kier alpha value is 1.37. The van der Waals surface area contributed by atoms with Crippen LogP contribution in [0.15, 0.2) is 0 Å². The first kappa shape index (κ1) is 23.8. The van der Waals surface area contributed by atoms with E-state index in [4.69, 9.17) is 14.1 Å². The van der Waals surface area contributed by atoms with E-state index in [1.807, 2.05) is 0 Å². The van der Waals surface area contributed by atoms with Gasteiger partial charge in [-0.3, -0.25) is 4.46 Å². The van der Waals surface area contributed by atoms with Crippen molar-refractivity contribution in [1.82, 2.24) is 0 Å². The molecule has 0 aliphatic rings. The number of hydrogen-bond donors (Lipinski definition) is 2. The van der Waals surface area contributed by atoms with Gasteiger partial charge in [0.1, 0.15) is 0 Å². The van der Waals surface area contributed by atoms with E-state index in [-0.39, 0.29) is 57.9 Å². The van der Waals surface area contributed by atoms with Gasteiger partial charge in [-0.25, -0.2) is 0 Å². The molecule has 0 rings (SSSR count). The van der Waals surface area contributed by atoms with Gasteiger partial charge in [0.25, 0.3) is 0 Å².